The molecule has 2 heterocycles. The van der Waals surface area contributed by atoms with Crippen LogP contribution in [-0.4, -0.2) is 15.2 Å². The number of hydrogen-bond acceptors (Lipinski definition) is 6. The van der Waals surface area contributed by atoms with Gasteiger partial charge in [0, 0.05) is 17.0 Å². The molecule has 3 N–H and O–H groups in total. The van der Waals surface area contributed by atoms with Crippen molar-refractivity contribution in [2.45, 2.75) is 20.0 Å². The lowest BCUT2D eigenvalue weighted by atomic mass is 10.0. The van der Waals surface area contributed by atoms with Crippen LogP contribution in [0.25, 0.3) is 10.8 Å². The molecule has 3 aromatic rings. The first-order valence-electron chi connectivity index (χ1n) is 7.31. The first-order valence-corrected chi connectivity index (χ1v) is 7.69. The highest BCUT2D eigenvalue weighted by Gasteiger charge is 2.15. The van der Waals surface area contributed by atoms with Crippen LogP contribution in [0.2, 0.25) is 5.15 Å². The van der Waals surface area contributed by atoms with Crippen LogP contribution < -0.4 is 11.1 Å². The quantitative estimate of drug-likeness (QED) is 0.561. The summed E-state index contributed by atoms with van der Waals surface area (Å²) in [4.78, 5) is 4.09. The van der Waals surface area contributed by atoms with Gasteiger partial charge >= 0.3 is 0 Å². The van der Waals surface area contributed by atoms with E-state index in [9.17, 15) is 0 Å². The van der Waals surface area contributed by atoms with Crippen molar-refractivity contribution < 1.29 is 0 Å². The summed E-state index contributed by atoms with van der Waals surface area (Å²) in [5.41, 5.74) is 9.30. The Morgan fingerprint density at radius 3 is 2.79 bits per heavy atom. The molecule has 0 saturated carbocycles. The van der Waals surface area contributed by atoms with E-state index in [1.807, 2.05) is 26.0 Å². The second-order valence-electron chi connectivity index (χ2n) is 5.44. The number of anilines is 1. The minimum atomic E-state index is -0.537. The summed E-state index contributed by atoms with van der Waals surface area (Å²) in [5.74, 6) is 0.522. The number of benzene rings is 1. The van der Waals surface area contributed by atoms with Gasteiger partial charge in [-0.1, -0.05) is 23.7 Å². The average molecular weight is 339 g/mol. The van der Waals surface area contributed by atoms with E-state index in [4.69, 9.17) is 22.6 Å². The Kier molecular flexibility index (Phi) is 4.30. The molecule has 0 aliphatic carbocycles. The third-order valence-corrected chi connectivity index (χ3v) is 4.15. The van der Waals surface area contributed by atoms with Crippen molar-refractivity contribution in [2.75, 3.05) is 5.32 Å². The van der Waals surface area contributed by atoms with Gasteiger partial charge in [-0.3, -0.25) is 0 Å². The molecule has 1 aromatic carbocycles. The van der Waals surface area contributed by atoms with E-state index in [-0.39, 0.29) is 0 Å². The fourth-order valence-electron chi connectivity index (χ4n) is 2.59. The second-order valence-corrected chi connectivity index (χ2v) is 5.83. The van der Waals surface area contributed by atoms with Crippen molar-refractivity contribution in [3.05, 3.63) is 58.0 Å². The molecular formula is C17H15ClN6. The van der Waals surface area contributed by atoms with Crippen LogP contribution in [0.4, 0.5) is 5.82 Å². The van der Waals surface area contributed by atoms with Crippen LogP contribution in [0.3, 0.4) is 0 Å². The maximum Gasteiger partial charge on any atom is 0.158 e. The van der Waals surface area contributed by atoms with E-state index >= 15 is 0 Å². The van der Waals surface area contributed by atoms with Gasteiger partial charge in [0.25, 0.3) is 0 Å². The van der Waals surface area contributed by atoms with Gasteiger partial charge in [-0.15, -0.1) is 5.10 Å². The van der Waals surface area contributed by atoms with Gasteiger partial charge < -0.3 is 11.1 Å². The molecule has 1 atom stereocenters. The summed E-state index contributed by atoms with van der Waals surface area (Å²) in [6.45, 7) is 3.73. The van der Waals surface area contributed by atoms with Crippen molar-refractivity contribution in [2.24, 2.45) is 5.73 Å². The zero-order valence-corrected chi connectivity index (χ0v) is 14.0. The molecule has 3 rings (SSSR count). The summed E-state index contributed by atoms with van der Waals surface area (Å²) in [6.07, 6.45) is 1.13. The van der Waals surface area contributed by atoms with Crippen LogP contribution in [-0.2, 0) is 0 Å². The number of nitriles is 1. The molecule has 7 heteroatoms. The molecule has 0 saturated heterocycles. The highest BCUT2D eigenvalue weighted by molar-refractivity contribution is 6.30. The summed E-state index contributed by atoms with van der Waals surface area (Å²) in [6, 6.07) is 9.34. The van der Waals surface area contributed by atoms with E-state index in [1.165, 1.54) is 0 Å². The Morgan fingerprint density at radius 1 is 1.25 bits per heavy atom. The third kappa shape index (κ3) is 2.87. The number of nitrogens with two attached hydrogens (primary N) is 1. The van der Waals surface area contributed by atoms with Crippen LogP contribution in [0.5, 0.6) is 0 Å². The normalized spacial score (nSPS) is 12.0. The van der Waals surface area contributed by atoms with Gasteiger partial charge in [-0.25, -0.2) is 4.98 Å². The predicted molar refractivity (Wildman–Crippen MR) is 93.5 cm³/mol. The fraction of sp³-hybridized carbons (Fsp3) is 0.176. The Hall–Kier alpha value is -2.75. The number of rotatable bonds is 3. The summed E-state index contributed by atoms with van der Waals surface area (Å²) < 4.78 is 0. The average Bonchev–Trinajstić information content (AvgIpc) is 2.57. The van der Waals surface area contributed by atoms with E-state index in [0.29, 0.717) is 16.5 Å². The Balaban J connectivity index is 2.03. The maximum absolute atomic E-state index is 9.16. The Morgan fingerprint density at radius 2 is 2.04 bits per heavy atom. The van der Waals surface area contributed by atoms with Gasteiger partial charge in [-0.05, 0) is 37.1 Å². The van der Waals surface area contributed by atoms with Gasteiger partial charge in [0.1, 0.15) is 11.3 Å². The molecule has 6 nitrogen and oxygen atoms in total. The van der Waals surface area contributed by atoms with E-state index in [1.54, 1.807) is 18.3 Å². The molecule has 0 spiro atoms. The molecule has 120 valence electrons. The Bertz CT molecular complexity index is 963. The Labute approximate surface area is 144 Å². The molecule has 0 bridgehead atoms. The number of halogens is 1. The molecule has 0 amide bonds. The number of aromatic nitrogens is 3. The molecule has 24 heavy (non-hydrogen) atoms. The van der Waals surface area contributed by atoms with Gasteiger partial charge in [0.2, 0.25) is 0 Å². The monoisotopic (exact) mass is 338 g/mol. The lowest BCUT2D eigenvalue weighted by Crippen LogP contribution is -2.22. The molecule has 0 aliphatic rings. The van der Waals surface area contributed by atoms with Crippen molar-refractivity contribution in [1.82, 2.24) is 15.2 Å². The van der Waals surface area contributed by atoms with Gasteiger partial charge in [0.15, 0.2) is 5.82 Å². The smallest absolute Gasteiger partial charge is 0.158 e. The summed E-state index contributed by atoms with van der Waals surface area (Å²) >= 11 is 6.01. The standard InChI is InChI=1S/C17H15ClN6/c1-9-11(7-19)4-3-5-12(9)16(20)22-17-13-6-15(18)21-8-14(13)10(2)23-24-17/h3-6,8,16H,20H2,1-2H3,(H,22,24)/t16-/m0/s1. The number of pyridine rings is 1. The van der Waals surface area contributed by atoms with E-state index in [0.717, 1.165) is 27.6 Å². The van der Waals surface area contributed by atoms with Crippen LogP contribution in [0, 0.1) is 25.2 Å². The number of nitrogens with one attached hydrogen (secondary N) is 1. The zero-order valence-electron chi connectivity index (χ0n) is 13.2. The lowest BCUT2D eigenvalue weighted by Gasteiger charge is -2.18. The number of aryl methyl sites for hydroxylation is 1. The molecule has 0 fully saturated rings. The fourth-order valence-corrected chi connectivity index (χ4v) is 2.75. The molecule has 2 aromatic heterocycles. The van der Waals surface area contributed by atoms with Crippen LogP contribution >= 0.6 is 11.6 Å². The SMILES string of the molecule is Cc1c(C#N)cccc1[C@@H](N)Nc1nnc(C)c2cnc(Cl)cc12. The van der Waals surface area contributed by atoms with Crippen LogP contribution in [0.1, 0.15) is 28.6 Å². The highest BCUT2D eigenvalue weighted by atomic mass is 35.5. The lowest BCUT2D eigenvalue weighted by molar-refractivity contribution is 0.812. The number of fused-ring (bicyclic) bond motifs is 1. The summed E-state index contributed by atoms with van der Waals surface area (Å²) in [7, 11) is 0. The first kappa shape index (κ1) is 16.1. The molecular weight excluding hydrogens is 324 g/mol. The van der Waals surface area contributed by atoms with E-state index < -0.39 is 6.17 Å². The van der Waals surface area contributed by atoms with Gasteiger partial charge in [-0.2, -0.15) is 10.4 Å². The van der Waals surface area contributed by atoms with Gasteiger partial charge in [0.05, 0.1) is 17.3 Å². The minimum absolute atomic E-state index is 0.370. The molecule has 0 radical (unpaired) electrons. The maximum atomic E-state index is 9.16. The first-order chi connectivity index (χ1) is 11.5. The van der Waals surface area contributed by atoms with Crippen molar-refractivity contribution in [3.63, 3.8) is 0 Å². The predicted octanol–water partition coefficient (Wildman–Crippen LogP) is 3.24. The highest BCUT2D eigenvalue weighted by Crippen LogP contribution is 2.27. The third-order valence-electron chi connectivity index (χ3n) is 3.94. The molecule has 0 aliphatic heterocycles. The topological polar surface area (TPSA) is 101 Å². The minimum Gasteiger partial charge on any atom is -0.349 e. The summed E-state index contributed by atoms with van der Waals surface area (Å²) in [5, 5.41) is 22.7. The van der Waals surface area contributed by atoms with Crippen molar-refractivity contribution in [3.8, 4) is 6.07 Å². The number of nitrogens with zero attached hydrogens (tertiary/aromatic N) is 4. The zero-order chi connectivity index (χ0) is 17.3. The number of hydrogen-bond donors (Lipinski definition) is 2. The van der Waals surface area contributed by atoms with Crippen molar-refractivity contribution >= 4 is 28.2 Å². The van der Waals surface area contributed by atoms with E-state index in [2.05, 4.69) is 26.6 Å². The second kappa shape index (κ2) is 6.40. The van der Waals surface area contributed by atoms with Crippen LogP contribution in [0.15, 0.2) is 30.5 Å². The largest absolute Gasteiger partial charge is 0.349 e. The van der Waals surface area contributed by atoms with Crippen molar-refractivity contribution in [1.29, 1.82) is 5.26 Å². The molecule has 0 unspecified atom stereocenters.